The van der Waals surface area contributed by atoms with E-state index in [4.69, 9.17) is 0 Å². The first-order valence-corrected chi connectivity index (χ1v) is 5.26. The van der Waals surface area contributed by atoms with Gasteiger partial charge in [0.1, 0.15) is 0 Å². The molecule has 0 unspecified atom stereocenters. The molecular formula is C9H8Br2O. The number of carbonyl (C=O) groups is 1. The Balaban J connectivity index is 2.90. The van der Waals surface area contributed by atoms with E-state index < -0.39 is 0 Å². The summed E-state index contributed by atoms with van der Waals surface area (Å²) in [5.41, 5.74) is 0.738. The number of halogens is 2. The third-order valence-electron chi connectivity index (χ3n) is 1.49. The highest BCUT2D eigenvalue weighted by Crippen LogP contribution is 2.14. The van der Waals surface area contributed by atoms with Crippen LogP contribution in [0.1, 0.15) is 17.3 Å². The van der Waals surface area contributed by atoms with Crippen LogP contribution in [0.3, 0.4) is 0 Å². The third kappa shape index (κ3) is 2.42. The van der Waals surface area contributed by atoms with Gasteiger partial charge in [0.05, 0.1) is 4.83 Å². The van der Waals surface area contributed by atoms with Crippen LogP contribution >= 0.6 is 31.9 Å². The summed E-state index contributed by atoms with van der Waals surface area (Å²) in [6, 6.07) is 7.35. The standard InChI is InChI=1S/C9H8Br2O/c1-6(10)9(12)7-2-4-8(11)5-3-7/h2-6H,1H3/t6-/m1/s1. The molecule has 0 heterocycles. The van der Waals surface area contributed by atoms with Crippen molar-refractivity contribution < 1.29 is 4.79 Å². The normalized spacial score (nSPS) is 12.6. The maximum Gasteiger partial charge on any atom is 0.176 e. The van der Waals surface area contributed by atoms with Gasteiger partial charge in [0.2, 0.25) is 0 Å². The van der Waals surface area contributed by atoms with Gasteiger partial charge in [0.25, 0.3) is 0 Å². The number of carbonyl (C=O) groups excluding carboxylic acids is 1. The molecule has 0 aliphatic carbocycles. The molecule has 0 aliphatic heterocycles. The molecule has 12 heavy (non-hydrogen) atoms. The fourth-order valence-corrected chi connectivity index (χ4v) is 1.37. The number of Topliss-reactive ketones (excluding diaryl/α,β-unsaturated/α-hetero) is 1. The Kier molecular flexibility index (Phi) is 3.47. The van der Waals surface area contributed by atoms with Crippen LogP contribution in [0, 0.1) is 0 Å². The minimum Gasteiger partial charge on any atom is -0.293 e. The lowest BCUT2D eigenvalue weighted by Gasteiger charge is -2.01. The van der Waals surface area contributed by atoms with Crippen LogP contribution in [0.4, 0.5) is 0 Å². The first kappa shape index (κ1) is 9.93. The number of alkyl halides is 1. The highest BCUT2D eigenvalue weighted by Gasteiger charge is 2.10. The van der Waals surface area contributed by atoms with Gasteiger partial charge in [-0.25, -0.2) is 0 Å². The molecule has 0 bridgehead atoms. The van der Waals surface area contributed by atoms with Crippen LogP contribution in [0.25, 0.3) is 0 Å². The molecule has 0 saturated carbocycles. The number of hydrogen-bond acceptors (Lipinski definition) is 1. The summed E-state index contributed by atoms with van der Waals surface area (Å²) >= 11 is 6.54. The van der Waals surface area contributed by atoms with Crippen LogP contribution in [0.5, 0.6) is 0 Å². The summed E-state index contributed by atoms with van der Waals surface area (Å²) < 4.78 is 0.987. The van der Waals surface area contributed by atoms with Gasteiger partial charge in [-0.15, -0.1) is 0 Å². The van der Waals surface area contributed by atoms with Crippen LogP contribution in [-0.2, 0) is 0 Å². The molecule has 1 rings (SSSR count). The van der Waals surface area contributed by atoms with Gasteiger partial charge >= 0.3 is 0 Å². The average Bonchev–Trinajstić information content (AvgIpc) is 2.04. The molecule has 0 fully saturated rings. The van der Waals surface area contributed by atoms with E-state index in [1.807, 2.05) is 31.2 Å². The number of ketones is 1. The molecule has 0 aliphatic rings. The molecule has 0 spiro atoms. The van der Waals surface area contributed by atoms with Crippen molar-refractivity contribution in [2.75, 3.05) is 0 Å². The number of benzene rings is 1. The molecule has 1 nitrogen and oxygen atoms in total. The zero-order valence-electron chi connectivity index (χ0n) is 6.55. The van der Waals surface area contributed by atoms with E-state index in [0.717, 1.165) is 10.0 Å². The van der Waals surface area contributed by atoms with Gasteiger partial charge in [-0.3, -0.25) is 4.79 Å². The van der Waals surface area contributed by atoms with E-state index >= 15 is 0 Å². The topological polar surface area (TPSA) is 17.1 Å². The Morgan fingerprint density at radius 2 is 1.83 bits per heavy atom. The third-order valence-corrected chi connectivity index (χ3v) is 2.43. The van der Waals surface area contributed by atoms with Crippen LogP contribution in [-0.4, -0.2) is 10.6 Å². The smallest absolute Gasteiger partial charge is 0.176 e. The van der Waals surface area contributed by atoms with Gasteiger partial charge in [0, 0.05) is 10.0 Å². The minimum atomic E-state index is -0.112. The molecule has 3 heteroatoms. The molecule has 0 saturated heterocycles. The monoisotopic (exact) mass is 290 g/mol. The van der Waals surface area contributed by atoms with Gasteiger partial charge in [-0.2, -0.15) is 0 Å². The second kappa shape index (κ2) is 4.19. The van der Waals surface area contributed by atoms with Crippen molar-refractivity contribution in [2.24, 2.45) is 0 Å². The maximum absolute atomic E-state index is 11.4. The average molecular weight is 292 g/mol. The Bertz CT molecular complexity index is 277. The number of hydrogen-bond donors (Lipinski definition) is 0. The highest BCUT2D eigenvalue weighted by atomic mass is 79.9. The Morgan fingerprint density at radius 1 is 1.33 bits per heavy atom. The van der Waals surface area contributed by atoms with E-state index in [1.54, 1.807) is 0 Å². The second-order valence-corrected chi connectivity index (χ2v) is 4.78. The zero-order valence-corrected chi connectivity index (χ0v) is 9.72. The minimum absolute atomic E-state index is 0.112. The Labute approximate surface area is 88.4 Å². The van der Waals surface area contributed by atoms with E-state index in [1.165, 1.54) is 0 Å². The molecular weight excluding hydrogens is 284 g/mol. The van der Waals surface area contributed by atoms with Crippen molar-refractivity contribution in [3.05, 3.63) is 34.3 Å². The van der Waals surface area contributed by atoms with Gasteiger partial charge < -0.3 is 0 Å². The first-order valence-electron chi connectivity index (χ1n) is 3.55. The van der Waals surface area contributed by atoms with Crippen molar-refractivity contribution >= 4 is 37.6 Å². The zero-order chi connectivity index (χ0) is 9.14. The molecule has 1 atom stereocenters. The summed E-state index contributed by atoms with van der Waals surface area (Å²) in [7, 11) is 0. The molecule has 0 N–H and O–H groups in total. The predicted octanol–water partition coefficient (Wildman–Crippen LogP) is 3.42. The first-order chi connectivity index (χ1) is 5.61. The molecule has 0 aromatic heterocycles. The van der Waals surface area contributed by atoms with Crippen molar-refractivity contribution in [1.82, 2.24) is 0 Å². The molecule has 0 radical (unpaired) electrons. The van der Waals surface area contributed by atoms with Crippen molar-refractivity contribution in [1.29, 1.82) is 0 Å². The largest absolute Gasteiger partial charge is 0.293 e. The van der Waals surface area contributed by atoms with E-state index in [9.17, 15) is 4.79 Å². The van der Waals surface area contributed by atoms with Crippen molar-refractivity contribution in [3.63, 3.8) is 0 Å². The van der Waals surface area contributed by atoms with Crippen LogP contribution in [0.15, 0.2) is 28.7 Å². The second-order valence-electron chi connectivity index (χ2n) is 2.49. The van der Waals surface area contributed by atoms with E-state index in [-0.39, 0.29) is 10.6 Å². The summed E-state index contributed by atoms with van der Waals surface area (Å²) in [5, 5.41) is 0. The highest BCUT2D eigenvalue weighted by molar-refractivity contribution is 9.10. The lowest BCUT2D eigenvalue weighted by molar-refractivity contribution is 0.0996. The van der Waals surface area contributed by atoms with E-state index in [2.05, 4.69) is 31.9 Å². The fourth-order valence-electron chi connectivity index (χ4n) is 0.844. The number of rotatable bonds is 2. The Hall–Kier alpha value is -0.150. The molecule has 0 amide bonds. The quantitative estimate of drug-likeness (QED) is 0.603. The maximum atomic E-state index is 11.4. The summed E-state index contributed by atoms with van der Waals surface area (Å²) in [6.07, 6.45) is 0. The Morgan fingerprint density at radius 3 is 2.25 bits per heavy atom. The van der Waals surface area contributed by atoms with Crippen LogP contribution < -0.4 is 0 Å². The molecule has 1 aromatic rings. The molecule has 64 valence electrons. The summed E-state index contributed by atoms with van der Waals surface area (Å²) in [5.74, 6) is 0.113. The SMILES string of the molecule is C[C@@H](Br)C(=O)c1ccc(Br)cc1. The lowest BCUT2D eigenvalue weighted by atomic mass is 10.1. The van der Waals surface area contributed by atoms with Gasteiger partial charge in [-0.1, -0.05) is 44.0 Å². The predicted molar refractivity (Wildman–Crippen MR) is 56.9 cm³/mol. The van der Waals surface area contributed by atoms with Crippen LogP contribution in [0.2, 0.25) is 0 Å². The van der Waals surface area contributed by atoms with Gasteiger partial charge in [0.15, 0.2) is 5.78 Å². The summed E-state index contributed by atoms with van der Waals surface area (Å²) in [6.45, 7) is 1.82. The molecule has 1 aromatic carbocycles. The van der Waals surface area contributed by atoms with Crippen molar-refractivity contribution in [2.45, 2.75) is 11.8 Å². The van der Waals surface area contributed by atoms with Crippen molar-refractivity contribution in [3.8, 4) is 0 Å². The fraction of sp³-hybridized carbons (Fsp3) is 0.222. The summed E-state index contributed by atoms with van der Waals surface area (Å²) in [4.78, 5) is 11.3. The van der Waals surface area contributed by atoms with Gasteiger partial charge in [-0.05, 0) is 19.1 Å². The van der Waals surface area contributed by atoms with E-state index in [0.29, 0.717) is 0 Å². The lowest BCUT2D eigenvalue weighted by Crippen LogP contribution is -2.09.